The molecule has 0 aliphatic carbocycles. The van der Waals surface area contributed by atoms with Gasteiger partial charge in [-0.1, -0.05) is 24.3 Å². The predicted molar refractivity (Wildman–Crippen MR) is 102 cm³/mol. The maximum absolute atomic E-state index is 12.4. The van der Waals surface area contributed by atoms with Crippen LogP contribution in [0.5, 0.6) is 0 Å². The van der Waals surface area contributed by atoms with Crippen LogP contribution in [0.3, 0.4) is 0 Å². The number of nitriles is 1. The van der Waals surface area contributed by atoms with E-state index in [1.54, 1.807) is 35.3 Å². The Morgan fingerprint density at radius 3 is 2.67 bits per heavy atom. The summed E-state index contributed by atoms with van der Waals surface area (Å²) in [6.07, 6.45) is 3.14. The van der Waals surface area contributed by atoms with Crippen molar-refractivity contribution in [1.82, 2.24) is 19.7 Å². The van der Waals surface area contributed by atoms with Crippen LogP contribution in [-0.4, -0.2) is 39.2 Å². The van der Waals surface area contributed by atoms with Crippen molar-refractivity contribution in [3.63, 3.8) is 0 Å². The average Bonchev–Trinajstić information content (AvgIpc) is 3.22. The Labute approximate surface area is 157 Å². The zero-order valence-electron chi connectivity index (χ0n) is 15.2. The molecule has 3 aromatic rings. The van der Waals surface area contributed by atoms with Crippen LogP contribution in [-0.2, 0) is 4.79 Å². The van der Waals surface area contributed by atoms with Crippen molar-refractivity contribution in [2.75, 3.05) is 18.9 Å². The van der Waals surface area contributed by atoms with E-state index in [-0.39, 0.29) is 18.5 Å². The Morgan fingerprint density at radius 1 is 1.26 bits per heavy atom. The number of amides is 1. The number of nitrogens with one attached hydrogen (secondary N) is 1. The summed E-state index contributed by atoms with van der Waals surface area (Å²) >= 11 is 0. The highest BCUT2D eigenvalue weighted by atomic mass is 16.2. The van der Waals surface area contributed by atoms with Crippen LogP contribution in [0, 0.1) is 11.3 Å². The topological polar surface area (TPSA) is 86.8 Å². The molecule has 27 heavy (non-hydrogen) atoms. The van der Waals surface area contributed by atoms with Gasteiger partial charge in [0.05, 0.1) is 23.5 Å². The largest absolute Gasteiger partial charge is 0.324 e. The molecule has 1 aromatic heterocycles. The molecule has 0 saturated carbocycles. The van der Waals surface area contributed by atoms with Crippen molar-refractivity contribution < 1.29 is 4.79 Å². The maximum atomic E-state index is 12.4. The minimum atomic E-state index is -0.161. The standard InChI is InChI=1S/C20H20N6O/c1-15(16-7-9-18(10-8-16)26-14-22-13-23-26)25(2)12-20(27)24-19-6-4-3-5-17(19)11-21/h3-10,13-15H,12H2,1-2H3,(H,24,27). The number of hydrogen-bond donors (Lipinski definition) is 1. The van der Waals surface area contributed by atoms with Crippen LogP contribution in [0.4, 0.5) is 5.69 Å². The molecule has 7 nitrogen and oxygen atoms in total. The lowest BCUT2D eigenvalue weighted by molar-refractivity contribution is -0.117. The van der Waals surface area contributed by atoms with Crippen LogP contribution in [0.15, 0.2) is 61.2 Å². The fraction of sp³-hybridized carbons (Fsp3) is 0.200. The zero-order chi connectivity index (χ0) is 19.2. The molecule has 1 N–H and O–H groups in total. The number of nitrogens with zero attached hydrogens (tertiary/aromatic N) is 5. The molecule has 3 rings (SSSR count). The van der Waals surface area contributed by atoms with Gasteiger partial charge in [0.1, 0.15) is 18.7 Å². The third kappa shape index (κ3) is 4.37. The number of hydrogen-bond acceptors (Lipinski definition) is 5. The van der Waals surface area contributed by atoms with Crippen molar-refractivity contribution in [1.29, 1.82) is 5.26 Å². The number of aromatic nitrogens is 3. The van der Waals surface area contributed by atoms with E-state index in [1.807, 2.05) is 43.1 Å². The van der Waals surface area contributed by atoms with E-state index >= 15 is 0 Å². The van der Waals surface area contributed by atoms with Crippen LogP contribution in [0.2, 0.25) is 0 Å². The van der Waals surface area contributed by atoms with Crippen LogP contribution < -0.4 is 5.32 Å². The van der Waals surface area contributed by atoms with Crippen molar-refractivity contribution in [2.45, 2.75) is 13.0 Å². The number of likely N-dealkylation sites (N-methyl/N-ethyl adjacent to an activating group) is 1. The molecule has 1 atom stereocenters. The van der Waals surface area contributed by atoms with Crippen LogP contribution >= 0.6 is 0 Å². The molecule has 1 unspecified atom stereocenters. The molecule has 0 spiro atoms. The predicted octanol–water partition coefficient (Wildman–Crippen LogP) is 2.77. The Morgan fingerprint density at radius 2 is 2.00 bits per heavy atom. The van der Waals surface area contributed by atoms with Gasteiger partial charge in [0.2, 0.25) is 5.91 Å². The second-order valence-corrected chi connectivity index (χ2v) is 6.23. The van der Waals surface area contributed by atoms with E-state index in [0.717, 1.165) is 11.3 Å². The number of rotatable bonds is 6. The number of anilines is 1. The number of carbonyl (C=O) groups excluding carboxylic acids is 1. The van der Waals surface area contributed by atoms with Gasteiger partial charge >= 0.3 is 0 Å². The van der Waals surface area contributed by atoms with Crippen molar-refractivity contribution in [2.24, 2.45) is 0 Å². The monoisotopic (exact) mass is 360 g/mol. The lowest BCUT2D eigenvalue weighted by atomic mass is 10.1. The molecule has 0 bridgehead atoms. The van der Waals surface area contributed by atoms with E-state index in [2.05, 4.69) is 21.5 Å². The van der Waals surface area contributed by atoms with E-state index < -0.39 is 0 Å². The van der Waals surface area contributed by atoms with Gasteiger partial charge in [0.15, 0.2) is 0 Å². The first-order valence-corrected chi connectivity index (χ1v) is 8.52. The maximum Gasteiger partial charge on any atom is 0.238 e. The van der Waals surface area contributed by atoms with Gasteiger partial charge in [-0.05, 0) is 43.8 Å². The minimum Gasteiger partial charge on any atom is -0.324 e. The highest BCUT2D eigenvalue weighted by molar-refractivity contribution is 5.93. The van der Waals surface area contributed by atoms with Crippen LogP contribution in [0.25, 0.3) is 5.69 Å². The second kappa shape index (κ2) is 8.25. The first-order chi connectivity index (χ1) is 13.1. The van der Waals surface area contributed by atoms with E-state index in [1.165, 1.54) is 6.33 Å². The van der Waals surface area contributed by atoms with Gasteiger partial charge in [0, 0.05) is 6.04 Å². The fourth-order valence-electron chi connectivity index (χ4n) is 2.74. The summed E-state index contributed by atoms with van der Waals surface area (Å²) < 4.78 is 1.69. The summed E-state index contributed by atoms with van der Waals surface area (Å²) in [6, 6.07) is 17.1. The molecular weight excluding hydrogens is 340 g/mol. The highest BCUT2D eigenvalue weighted by Gasteiger charge is 2.16. The molecular formula is C20H20N6O. The average molecular weight is 360 g/mol. The molecule has 0 fully saturated rings. The van der Waals surface area contributed by atoms with Gasteiger partial charge in [-0.3, -0.25) is 9.69 Å². The number of carbonyl (C=O) groups is 1. The molecule has 136 valence electrons. The smallest absolute Gasteiger partial charge is 0.238 e. The van der Waals surface area contributed by atoms with E-state index in [9.17, 15) is 4.79 Å². The molecule has 7 heteroatoms. The summed E-state index contributed by atoms with van der Waals surface area (Å²) in [6.45, 7) is 2.26. The van der Waals surface area contributed by atoms with Crippen LogP contribution in [0.1, 0.15) is 24.1 Å². The fourth-order valence-corrected chi connectivity index (χ4v) is 2.74. The van der Waals surface area contributed by atoms with Gasteiger partial charge in [-0.25, -0.2) is 9.67 Å². The normalized spacial score (nSPS) is 11.8. The molecule has 0 aliphatic heterocycles. The van der Waals surface area contributed by atoms with Crippen molar-refractivity contribution in [3.05, 3.63) is 72.3 Å². The Balaban J connectivity index is 1.62. The Kier molecular flexibility index (Phi) is 5.59. The first-order valence-electron chi connectivity index (χ1n) is 8.52. The Bertz CT molecular complexity index is 943. The molecule has 1 amide bonds. The first kappa shape index (κ1) is 18.3. The summed E-state index contributed by atoms with van der Waals surface area (Å²) in [4.78, 5) is 18.3. The van der Waals surface area contributed by atoms with E-state index in [4.69, 9.17) is 5.26 Å². The zero-order valence-corrected chi connectivity index (χ0v) is 15.2. The molecule has 0 saturated heterocycles. The summed E-state index contributed by atoms with van der Waals surface area (Å²) in [5.41, 5.74) is 3.00. The Hall–Kier alpha value is -3.50. The van der Waals surface area contributed by atoms with Gasteiger partial charge < -0.3 is 5.32 Å². The van der Waals surface area contributed by atoms with Crippen molar-refractivity contribution >= 4 is 11.6 Å². The minimum absolute atomic E-state index is 0.0479. The summed E-state index contributed by atoms with van der Waals surface area (Å²) in [5, 5.41) is 16.0. The highest BCUT2D eigenvalue weighted by Crippen LogP contribution is 2.20. The quantitative estimate of drug-likeness (QED) is 0.730. The third-order valence-corrected chi connectivity index (χ3v) is 4.43. The summed E-state index contributed by atoms with van der Waals surface area (Å²) in [5.74, 6) is -0.161. The van der Waals surface area contributed by atoms with Gasteiger partial charge in [-0.15, -0.1) is 0 Å². The van der Waals surface area contributed by atoms with Gasteiger partial charge in [-0.2, -0.15) is 10.4 Å². The molecule has 2 aromatic carbocycles. The van der Waals surface area contributed by atoms with Crippen molar-refractivity contribution in [3.8, 4) is 11.8 Å². The number of para-hydroxylation sites is 1. The lowest BCUT2D eigenvalue weighted by Gasteiger charge is -2.24. The lowest BCUT2D eigenvalue weighted by Crippen LogP contribution is -2.32. The van der Waals surface area contributed by atoms with E-state index in [0.29, 0.717) is 11.3 Å². The summed E-state index contributed by atoms with van der Waals surface area (Å²) in [7, 11) is 1.89. The second-order valence-electron chi connectivity index (χ2n) is 6.23. The number of benzene rings is 2. The third-order valence-electron chi connectivity index (χ3n) is 4.43. The molecule has 0 radical (unpaired) electrons. The molecule has 1 heterocycles. The molecule has 0 aliphatic rings. The SMILES string of the molecule is CC(c1ccc(-n2cncn2)cc1)N(C)CC(=O)Nc1ccccc1C#N. The van der Waals surface area contributed by atoms with Gasteiger partial charge in [0.25, 0.3) is 0 Å².